The number of halogens is 1. The van der Waals surface area contributed by atoms with E-state index >= 15 is 0 Å². The molecule has 0 saturated heterocycles. The van der Waals surface area contributed by atoms with E-state index in [1.54, 1.807) is 18.3 Å². The molecule has 1 amide bonds. The molecule has 0 unspecified atom stereocenters. The smallest absolute Gasteiger partial charge is 0.250 e. The molecular weight excluding hydrogens is 324 g/mol. The Morgan fingerprint density at radius 2 is 2.00 bits per heavy atom. The predicted octanol–water partition coefficient (Wildman–Crippen LogP) is 2.57. The summed E-state index contributed by atoms with van der Waals surface area (Å²) >= 11 is 3.36. The van der Waals surface area contributed by atoms with Crippen molar-refractivity contribution in [2.45, 2.75) is 0 Å². The van der Waals surface area contributed by atoms with Gasteiger partial charge in [0.15, 0.2) is 0 Å². The van der Waals surface area contributed by atoms with Crippen LogP contribution in [0.15, 0.2) is 41.3 Å². The number of aromatic nitrogens is 2. The summed E-state index contributed by atoms with van der Waals surface area (Å²) in [6.45, 7) is 0.0356. The number of amides is 1. The number of nitrogens with zero attached hydrogens (tertiary/aromatic N) is 2. The van der Waals surface area contributed by atoms with E-state index in [1.165, 1.54) is 13.4 Å². The minimum Gasteiger partial charge on any atom is -0.375 e. The highest BCUT2D eigenvalue weighted by molar-refractivity contribution is 9.10. The predicted molar refractivity (Wildman–Crippen MR) is 80.0 cm³/mol. The van der Waals surface area contributed by atoms with Crippen molar-refractivity contribution in [1.82, 2.24) is 9.97 Å². The lowest BCUT2D eigenvalue weighted by Gasteiger charge is -2.08. The van der Waals surface area contributed by atoms with Crippen LogP contribution in [-0.4, -0.2) is 29.6 Å². The zero-order chi connectivity index (χ0) is 14.4. The normalized spacial score (nSPS) is 10.1. The lowest BCUT2D eigenvalue weighted by molar-refractivity contribution is -0.119. The highest BCUT2D eigenvalue weighted by atomic mass is 79.9. The second-order valence-electron chi connectivity index (χ2n) is 3.90. The first-order chi connectivity index (χ1) is 9.69. The van der Waals surface area contributed by atoms with Gasteiger partial charge in [0.2, 0.25) is 5.91 Å². The van der Waals surface area contributed by atoms with Crippen LogP contribution in [0.1, 0.15) is 0 Å². The second-order valence-corrected chi connectivity index (χ2v) is 4.76. The molecule has 0 fully saturated rings. The first-order valence-electron chi connectivity index (χ1n) is 5.80. The third kappa shape index (κ3) is 4.01. The van der Waals surface area contributed by atoms with Crippen LogP contribution in [0, 0.1) is 0 Å². The van der Waals surface area contributed by atoms with Gasteiger partial charge in [-0.25, -0.2) is 9.97 Å². The SMILES string of the molecule is COCC(=O)Nc1ccc(Nc2ncncc2Br)cc1. The molecule has 0 aliphatic heterocycles. The van der Waals surface area contributed by atoms with E-state index in [0.717, 1.165) is 10.2 Å². The maximum atomic E-state index is 11.4. The number of anilines is 3. The summed E-state index contributed by atoms with van der Waals surface area (Å²) in [4.78, 5) is 19.4. The molecule has 0 radical (unpaired) electrons. The van der Waals surface area contributed by atoms with E-state index < -0.39 is 0 Å². The van der Waals surface area contributed by atoms with Crippen molar-refractivity contribution in [1.29, 1.82) is 0 Å². The molecule has 20 heavy (non-hydrogen) atoms. The molecule has 0 aliphatic carbocycles. The van der Waals surface area contributed by atoms with Gasteiger partial charge in [-0.3, -0.25) is 4.79 Å². The van der Waals surface area contributed by atoms with Gasteiger partial charge >= 0.3 is 0 Å². The molecule has 104 valence electrons. The Balaban J connectivity index is 2.02. The summed E-state index contributed by atoms with van der Waals surface area (Å²) in [6, 6.07) is 7.28. The molecule has 0 spiro atoms. The number of rotatable bonds is 5. The van der Waals surface area contributed by atoms with Gasteiger partial charge < -0.3 is 15.4 Å². The van der Waals surface area contributed by atoms with Gasteiger partial charge in [-0.05, 0) is 40.2 Å². The van der Waals surface area contributed by atoms with Crippen molar-refractivity contribution >= 4 is 39.0 Å². The molecule has 2 aromatic rings. The standard InChI is InChI=1S/C13H13BrN4O2/c1-20-7-12(19)17-9-2-4-10(5-3-9)18-13-11(14)6-15-8-16-13/h2-6,8H,7H2,1H3,(H,17,19)(H,15,16,18). The van der Waals surface area contributed by atoms with Gasteiger partial charge in [0, 0.05) is 24.7 Å². The van der Waals surface area contributed by atoms with Gasteiger partial charge in [-0.1, -0.05) is 0 Å². The number of methoxy groups -OCH3 is 1. The zero-order valence-corrected chi connectivity index (χ0v) is 12.3. The summed E-state index contributed by atoms with van der Waals surface area (Å²) in [5, 5.41) is 5.86. The first-order valence-corrected chi connectivity index (χ1v) is 6.59. The molecule has 1 aromatic carbocycles. The van der Waals surface area contributed by atoms with E-state index in [-0.39, 0.29) is 12.5 Å². The van der Waals surface area contributed by atoms with Crippen LogP contribution in [0.3, 0.4) is 0 Å². The molecule has 7 heteroatoms. The van der Waals surface area contributed by atoms with E-state index in [9.17, 15) is 4.79 Å². The fraction of sp³-hybridized carbons (Fsp3) is 0.154. The van der Waals surface area contributed by atoms with E-state index in [1.807, 2.05) is 12.1 Å². The molecule has 1 heterocycles. The molecule has 0 atom stereocenters. The lowest BCUT2D eigenvalue weighted by Crippen LogP contribution is -2.16. The van der Waals surface area contributed by atoms with Gasteiger partial charge in [0.05, 0.1) is 4.47 Å². The molecule has 6 nitrogen and oxygen atoms in total. The van der Waals surface area contributed by atoms with Gasteiger partial charge in [-0.2, -0.15) is 0 Å². The maximum Gasteiger partial charge on any atom is 0.250 e. The Morgan fingerprint density at radius 3 is 2.65 bits per heavy atom. The van der Waals surface area contributed by atoms with E-state index in [2.05, 4.69) is 36.5 Å². The third-order valence-corrected chi connectivity index (χ3v) is 2.95. The van der Waals surface area contributed by atoms with Crippen molar-refractivity contribution in [3.63, 3.8) is 0 Å². The lowest BCUT2D eigenvalue weighted by atomic mass is 10.2. The monoisotopic (exact) mass is 336 g/mol. The van der Waals surface area contributed by atoms with Gasteiger partial charge in [0.1, 0.15) is 18.8 Å². The Bertz CT molecular complexity index is 589. The number of hydrogen-bond acceptors (Lipinski definition) is 5. The molecule has 2 rings (SSSR count). The Hall–Kier alpha value is -1.99. The van der Waals surface area contributed by atoms with Crippen LogP contribution < -0.4 is 10.6 Å². The van der Waals surface area contributed by atoms with Crippen LogP contribution >= 0.6 is 15.9 Å². The van der Waals surface area contributed by atoms with Crippen LogP contribution in [-0.2, 0) is 9.53 Å². The molecule has 0 saturated carbocycles. The van der Waals surface area contributed by atoms with Crippen LogP contribution in [0.4, 0.5) is 17.2 Å². The fourth-order valence-corrected chi connectivity index (χ4v) is 1.83. The maximum absolute atomic E-state index is 11.4. The van der Waals surface area contributed by atoms with E-state index in [0.29, 0.717) is 11.5 Å². The first kappa shape index (κ1) is 14.4. The van der Waals surface area contributed by atoms with E-state index in [4.69, 9.17) is 4.74 Å². The second kappa shape index (κ2) is 6.97. The van der Waals surface area contributed by atoms with Crippen molar-refractivity contribution < 1.29 is 9.53 Å². The van der Waals surface area contributed by atoms with Gasteiger partial charge in [-0.15, -0.1) is 0 Å². The fourth-order valence-electron chi connectivity index (χ4n) is 1.51. The Morgan fingerprint density at radius 1 is 1.30 bits per heavy atom. The molecule has 0 bridgehead atoms. The summed E-state index contributed by atoms with van der Waals surface area (Å²) in [6.07, 6.45) is 3.13. The average molecular weight is 337 g/mol. The minimum atomic E-state index is -0.188. The average Bonchev–Trinajstić information content (AvgIpc) is 2.44. The summed E-state index contributed by atoms with van der Waals surface area (Å²) in [5.74, 6) is 0.489. The third-order valence-electron chi connectivity index (χ3n) is 2.37. The topological polar surface area (TPSA) is 76.1 Å². The summed E-state index contributed by atoms with van der Waals surface area (Å²) in [7, 11) is 1.48. The Labute approximate surface area is 124 Å². The number of ether oxygens (including phenoxy) is 1. The molecular formula is C13H13BrN4O2. The van der Waals surface area contributed by atoms with Crippen LogP contribution in [0.2, 0.25) is 0 Å². The van der Waals surface area contributed by atoms with Crippen LogP contribution in [0.5, 0.6) is 0 Å². The largest absolute Gasteiger partial charge is 0.375 e. The number of nitrogens with one attached hydrogen (secondary N) is 2. The highest BCUT2D eigenvalue weighted by Crippen LogP contribution is 2.23. The molecule has 0 aliphatic rings. The van der Waals surface area contributed by atoms with Crippen LogP contribution in [0.25, 0.3) is 0 Å². The number of carbonyl (C=O) groups is 1. The highest BCUT2D eigenvalue weighted by Gasteiger charge is 2.03. The summed E-state index contributed by atoms with van der Waals surface area (Å²) < 4.78 is 5.52. The van der Waals surface area contributed by atoms with Crippen molar-refractivity contribution in [3.8, 4) is 0 Å². The number of benzene rings is 1. The minimum absolute atomic E-state index is 0.0356. The quantitative estimate of drug-likeness (QED) is 0.877. The number of carbonyl (C=O) groups excluding carboxylic acids is 1. The van der Waals surface area contributed by atoms with Crippen molar-refractivity contribution in [2.24, 2.45) is 0 Å². The summed E-state index contributed by atoms with van der Waals surface area (Å²) in [5.41, 5.74) is 1.56. The number of hydrogen-bond donors (Lipinski definition) is 2. The van der Waals surface area contributed by atoms with Crippen molar-refractivity contribution in [3.05, 3.63) is 41.3 Å². The Kier molecular flexibility index (Phi) is 5.03. The molecule has 1 aromatic heterocycles. The van der Waals surface area contributed by atoms with Gasteiger partial charge in [0.25, 0.3) is 0 Å². The molecule has 2 N–H and O–H groups in total. The van der Waals surface area contributed by atoms with Crippen molar-refractivity contribution in [2.75, 3.05) is 24.4 Å². The zero-order valence-electron chi connectivity index (χ0n) is 10.8.